The van der Waals surface area contributed by atoms with Crippen molar-refractivity contribution in [2.75, 3.05) is 7.05 Å². The van der Waals surface area contributed by atoms with E-state index >= 15 is 0 Å². The highest BCUT2D eigenvalue weighted by Crippen LogP contribution is 2.44. The second kappa shape index (κ2) is 7.52. The molecular formula is C22H30Cl2N8O. The van der Waals surface area contributed by atoms with Gasteiger partial charge in [-0.1, -0.05) is 29.3 Å². The van der Waals surface area contributed by atoms with Crippen molar-refractivity contribution in [3.63, 3.8) is 0 Å². The number of hydrazine groups is 1. The van der Waals surface area contributed by atoms with Gasteiger partial charge in [-0.3, -0.25) is 19.7 Å². The maximum atomic E-state index is 13.7. The number of hydrogen-bond acceptors (Lipinski definition) is 7. The Morgan fingerprint density at radius 1 is 1.15 bits per heavy atom. The zero-order chi connectivity index (χ0) is 23.2. The van der Waals surface area contributed by atoms with Gasteiger partial charge in [0.15, 0.2) is 0 Å². The number of amides is 1. The number of benzene rings is 1. The second-order valence-electron chi connectivity index (χ2n) is 10.4. The molecule has 0 saturated carbocycles. The maximum Gasteiger partial charge on any atom is 0.232 e. The van der Waals surface area contributed by atoms with Crippen LogP contribution in [-0.2, 0) is 11.8 Å². The zero-order valence-corrected chi connectivity index (χ0v) is 20.5. The third-order valence-electron chi connectivity index (χ3n) is 8.04. The molecule has 7 atom stereocenters. The highest BCUT2D eigenvalue weighted by molar-refractivity contribution is 6.42. The van der Waals surface area contributed by atoms with E-state index in [0.717, 1.165) is 36.8 Å². The fraction of sp³-hybridized carbons (Fsp3) is 0.636. The summed E-state index contributed by atoms with van der Waals surface area (Å²) in [5.74, 6) is -0.265. The van der Waals surface area contributed by atoms with Gasteiger partial charge in [0.25, 0.3) is 0 Å². The Kier molecular flexibility index (Phi) is 5.02. The fourth-order valence-corrected chi connectivity index (χ4v) is 7.24. The van der Waals surface area contributed by atoms with Crippen LogP contribution in [0.5, 0.6) is 0 Å². The van der Waals surface area contributed by atoms with Gasteiger partial charge in [-0.15, -0.1) is 0 Å². The summed E-state index contributed by atoms with van der Waals surface area (Å²) < 4.78 is 1.61. The predicted octanol–water partition coefficient (Wildman–Crippen LogP) is 1.66. The van der Waals surface area contributed by atoms with E-state index in [1.165, 1.54) is 0 Å². The summed E-state index contributed by atoms with van der Waals surface area (Å²) in [6.45, 7) is 2.15. The van der Waals surface area contributed by atoms with E-state index < -0.39 is 0 Å². The minimum Gasteiger partial charge on any atom is -0.325 e. The lowest BCUT2D eigenvalue weighted by molar-refractivity contribution is -0.154. The molecular weight excluding hydrogens is 463 g/mol. The van der Waals surface area contributed by atoms with Crippen LogP contribution in [0.25, 0.3) is 10.9 Å². The molecule has 0 aliphatic carbocycles. The van der Waals surface area contributed by atoms with Crippen molar-refractivity contribution in [2.45, 2.75) is 68.7 Å². The minimum absolute atomic E-state index is 0.0835. The number of halogens is 2. The van der Waals surface area contributed by atoms with E-state index in [1.807, 2.05) is 24.1 Å². The number of nitrogens with zero attached hydrogens (tertiary/aromatic N) is 4. The summed E-state index contributed by atoms with van der Waals surface area (Å²) in [6, 6.07) is 4.31. The summed E-state index contributed by atoms with van der Waals surface area (Å²) in [7, 11) is 3.68. The third kappa shape index (κ3) is 3.25. The van der Waals surface area contributed by atoms with Crippen LogP contribution in [0, 0.1) is 5.92 Å². The second-order valence-corrected chi connectivity index (χ2v) is 11.2. The molecule has 5 N–H and O–H groups in total. The lowest BCUT2D eigenvalue weighted by Crippen LogP contribution is -2.72. The first kappa shape index (κ1) is 22.0. The molecule has 9 nitrogen and oxygen atoms in total. The van der Waals surface area contributed by atoms with E-state index in [0.29, 0.717) is 27.6 Å². The molecule has 2 aromatic rings. The van der Waals surface area contributed by atoms with Crippen LogP contribution in [0.1, 0.15) is 44.2 Å². The Hall–Kier alpha value is -1.46. The quantitative estimate of drug-likeness (QED) is 0.505. The average molecular weight is 493 g/mol. The molecule has 1 amide bonds. The Labute approximate surface area is 202 Å². The summed E-state index contributed by atoms with van der Waals surface area (Å²) in [5.41, 5.74) is 14.6. The monoisotopic (exact) mass is 492 g/mol. The number of rotatable bonds is 2. The van der Waals surface area contributed by atoms with Crippen molar-refractivity contribution in [2.24, 2.45) is 18.7 Å². The number of carbonyl (C=O) groups is 1. The number of carbonyl (C=O) groups excluding carboxylic acids is 1. The van der Waals surface area contributed by atoms with Crippen molar-refractivity contribution in [3.05, 3.63) is 27.9 Å². The molecule has 4 fully saturated rings. The fourth-order valence-electron chi connectivity index (χ4n) is 6.59. The van der Waals surface area contributed by atoms with Gasteiger partial charge < -0.3 is 10.6 Å². The summed E-state index contributed by atoms with van der Waals surface area (Å²) >= 11 is 13.3. The van der Waals surface area contributed by atoms with Gasteiger partial charge in [0.05, 0.1) is 34.1 Å². The maximum absolute atomic E-state index is 13.7. The number of piperidine rings is 1. The largest absolute Gasteiger partial charge is 0.325 e. The highest BCUT2D eigenvalue weighted by Gasteiger charge is 2.54. The topological polar surface area (TPSA) is 103 Å². The molecule has 1 aromatic carbocycles. The van der Waals surface area contributed by atoms with E-state index in [1.54, 1.807) is 11.7 Å². The molecule has 4 aliphatic heterocycles. The summed E-state index contributed by atoms with van der Waals surface area (Å²) in [4.78, 5) is 18.1. The molecule has 5 heterocycles. The Morgan fingerprint density at radius 3 is 2.55 bits per heavy atom. The number of aryl methyl sites for hydroxylation is 1. The van der Waals surface area contributed by atoms with Crippen LogP contribution in [0.4, 0.5) is 0 Å². The van der Waals surface area contributed by atoms with Crippen LogP contribution in [0.3, 0.4) is 0 Å². The molecule has 0 radical (unpaired) electrons. The minimum atomic E-state index is -0.348. The number of aromatic nitrogens is 2. The van der Waals surface area contributed by atoms with Gasteiger partial charge in [0.1, 0.15) is 11.4 Å². The molecule has 0 spiro atoms. The van der Waals surface area contributed by atoms with Crippen molar-refractivity contribution < 1.29 is 4.79 Å². The van der Waals surface area contributed by atoms with Gasteiger partial charge in [-0.2, -0.15) is 5.10 Å². The molecule has 4 aliphatic rings. The van der Waals surface area contributed by atoms with Gasteiger partial charge in [-0.25, -0.2) is 10.9 Å². The first-order valence-corrected chi connectivity index (χ1v) is 12.3. The highest BCUT2D eigenvalue weighted by atomic mass is 35.5. The Bertz CT molecular complexity index is 1120. The van der Waals surface area contributed by atoms with Crippen molar-refractivity contribution >= 4 is 40.0 Å². The molecule has 4 saturated heterocycles. The number of fused-ring (bicyclic) bond motifs is 4. The Morgan fingerprint density at radius 2 is 1.85 bits per heavy atom. The van der Waals surface area contributed by atoms with Crippen molar-refractivity contribution in [1.29, 1.82) is 0 Å². The number of nitrogens with one attached hydrogen (secondary N) is 3. The van der Waals surface area contributed by atoms with E-state index in [2.05, 4.69) is 33.1 Å². The van der Waals surface area contributed by atoms with E-state index in [-0.39, 0.29) is 35.9 Å². The predicted molar refractivity (Wildman–Crippen MR) is 127 cm³/mol. The molecule has 11 heteroatoms. The van der Waals surface area contributed by atoms with Crippen LogP contribution in [0.15, 0.2) is 12.1 Å². The smallest absolute Gasteiger partial charge is 0.232 e. The molecule has 5 unspecified atom stereocenters. The summed E-state index contributed by atoms with van der Waals surface area (Å²) in [5, 5.41) is 9.82. The molecule has 2 bridgehead atoms. The van der Waals surface area contributed by atoms with Crippen LogP contribution < -0.4 is 21.9 Å². The third-order valence-corrected chi connectivity index (χ3v) is 8.88. The van der Waals surface area contributed by atoms with E-state index in [9.17, 15) is 4.79 Å². The van der Waals surface area contributed by atoms with Crippen LogP contribution in [0.2, 0.25) is 10.2 Å². The first-order chi connectivity index (χ1) is 15.7. The molecule has 6 rings (SSSR count). The standard InChI is InChI=1S/C22H30Cl2N8O/c1-22(25)8-10-4-5-11(9-22)32(10)21-26-19-15(20(33)30(21)2)17(27-28-19)12-6-7-13-14(16(12)23)18(24)31(3)29-13/h6-7,10-11,15,17,19,21,26-28H,4-5,8-9,25H2,1-3H3/t10-,11+,15?,17?,19?,21?,22?. The van der Waals surface area contributed by atoms with Gasteiger partial charge in [0, 0.05) is 31.7 Å². The molecule has 33 heavy (non-hydrogen) atoms. The van der Waals surface area contributed by atoms with E-state index in [4.69, 9.17) is 28.9 Å². The first-order valence-electron chi connectivity index (χ1n) is 11.6. The van der Waals surface area contributed by atoms with Crippen LogP contribution >= 0.6 is 23.2 Å². The van der Waals surface area contributed by atoms with Gasteiger partial charge >= 0.3 is 0 Å². The van der Waals surface area contributed by atoms with Crippen LogP contribution in [-0.4, -0.2) is 62.6 Å². The number of nitrogens with two attached hydrogens (primary N) is 1. The van der Waals surface area contributed by atoms with Gasteiger partial charge in [0.2, 0.25) is 5.91 Å². The van der Waals surface area contributed by atoms with Gasteiger partial charge in [-0.05, 0) is 44.2 Å². The average Bonchev–Trinajstić information content (AvgIpc) is 3.38. The molecule has 1 aromatic heterocycles. The lowest BCUT2D eigenvalue weighted by atomic mass is 9.85. The normalized spacial score (nSPS) is 39.0. The van der Waals surface area contributed by atoms with Crippen molar-refractivity contribution in [1.82, 2.24) is 35.7 Å². The SMILES string of the molecule is CN1C(=O)C2C(NNC2c2ccc3nn(C)c(Cl)c3c2Cl)NC1N1[C@@H]2CC[C@H]1CC(C)(N)C2. The Balaban J connectivity index is 1.30. The zero-order valence-electron chi connectivity index (χ0n) is 19.0. The summed E-state index contributed by atoms with van der Waals surface area (Å²) in [6.07, 6.45) is 3.78. The number of hydrogen-bond donors (Lipinski definition) is 4. The van der Waals surface area contributed by atoms with Crippen molar-refractivity contribution in [3.8, 4) is 0 Å². The molecule has 178 valence electrons. The lowest BCUT2D eigenvalue weighted by Gasteiger charge is -2.52.